The molecule has 2 saturated heterocycles. The molecule has 0 spiro atoms. The molecule has 37 heavy (non-hydrogen) atoms. The first-order chi connectivity index (χ1) is 18.1. The zero-order valence-corrected chi connectivity index (χ0v) is 22.5. The van der Waals surface area contributed by atoms with Crippen molar-refractivity contribution in [1.82, 2.24) is 14.7 Å². The number of likely N-dealkylation sites (tertiary alicyclic amines) is 2. The molecule has 0 saturated carbocycles. The average Bonchev–Trinajstić information content (AvgIpc) is 2.95. The summed E-state index contributed by atoms with van der Waals surface area (Å²) in [5.74, 6) is 0.616. The summed E-state index contributed by atoms with van der Waals surface area (Å²) in [6.07, 6.45) is 6.07. The lowest BCUT2D eigenvalue weighted by molar-refractivity contribution is -0.138. The van der Waals surface area contributed by atoms with Gasteiger partial charge >= 0.3 is 0 Å². The fraction of sp³-hybridized carbons (Fsp3) is 0.500. The fourth-order valence-corrected chi connectivity index (χ4v) is 6.51. The van der Waals surface area contributed by atoms with Crippen LogP contribution in [0.3, 0.4) is 0 Å². The lowest BCUT2D eigenvalue weighted by atomic mass is 9.92. The van der Waals surface area contributed by atoms with Gasteiger partial charge in [0.05, 0.1) is 11.5 Å². The predicted octanol–water partition coefficient (Wildman–Crippen LogP) is 5.96. The maximum Gasteiger partial charge on any atom is 0.255 e. The van der Waals surface area contributed by atoms with Gasteiger partial charge in [0.2, 0.25) is 5.91 Å². The minimum atomic E-state index is 0.119. The highest BCUT2D eigenvalue weighted by Crippen LogP contribution is 2.31. The van der Waals surface area contributed by atoms with Gasteiger partial charge in [-0.1, -0.05) is 62.4 Å². The molecule has 0 bridgehead atoms. The number of carbonyl (C=O) groups is 2. The fourth-order valence-electron chi connectivity index (χ4n) is 6.51. The van der Waals surface area contributed by atoms with Gasteiger partial charge < -0.3 is 9.80 Å². The number of benzene rings is 3. The normalized spacial score (nSPS) is 19.4. The molecule has 3 aromatic rings. The summed E-state index contributed by atoms with van der Waals surface area (Å²) >= 11 is 0. The van der Waals surface area contributed by atoms with E-state index in [4.69, 9.17) is 0 Å². The van der Waals surface area contributed by atoms with E-state index in [-0.39, 0.29) is 11.8 Å². The number of carbonyl (C=O) groups excluding carboxylic acids is 2. The van der Waals surface area contributed by atoms with Crippen molar-refractivity contribution in [1.29, 1.82) is 0 Å². The number of fused-ring (bicyclic) bond motifs is 2. The van der Waals surface area contributed by atoms with Crippen molar-refractivity contribution >= 4 is 33.4 Å². The predicted molar refractivity (Wildman–Crippen MR) is 152 cm³/mol. The van der Waals surface area contributed by atoms with Gasteiger partial charge in [0.15, 0.2) is 0 Å². The Bertz CT molecular complexity index is 1190. The van der Waals surface area contributed by atoms with E-state index in [1.165, 1.54) is 0 Å². The Kier molecular flexibility index (Phi) is 8.09. The van der Waals surface area contributed by atoms with Crippen molar-refractivity contribution < 1.29 is 9.59 Å². The highest BCUT2D eigenvalue weighted by Gasteiger charge is 2.34. The summed E-state index contributed by atoms with van der Waals surface area (Å²) in [4.78, 5) is 33.9. The second-order valence-electron chi connectivity index (χ2n) is 10.9. The Morgan fingerprint density at radius 3 is 2.03 bits per heavy atom. The molecular formula is C32H41N3O2. The Morgan fingerprint density at radius 2 is 1.43 bits per heavy atom. The number of hydrogen-bond acceptors (Lipinski definition) is 3. The van der Waals surface area contributed by atoms with Crippen molar-refractivity contribution in [3.05, 3.63) is 60.2 Å². The molecule has 5 rings (SSSR count). The minimum absolute atomic E-state index is 0.119. The number of nitrogens with zero attached hydrogens (tertiary/aromatic N) is 3. The molecule has 5 nitrogen and oxygen atoms in total. The summed E-state index contributed by atoms with van der Waals surface area (Å²) in [6.45, 7) is 9.52. The number of piperidine rings is 2. The Balaban J connectivity index is 1.27. The molecule has 1 atom stereocenters. The summed E-state index contributed by atoms with van der Waals surface area (Å²) < 4.78 is 0. The zero-order valence-electron chi connectivity index (χ0n) is 22.5. The third kappa shape index (κ3) is 5.38. The lowest BCUT2D eigenvalue weighted by Gasteiger charge is -2.42. The summed E-state index contributed by atoms with van der Waals surface area (Å²) in [7, 11) is 0. The van der Waals surface area contributed by atoms with Crippen molar-refractivity contribution in [3.63, 3.8) is 0 Å². The quantitative estimate of drug-likeness (QED) is 0.377. The van der Waals surface area contributed by atoms with Gasteiger partial charge in [-0.3, -0.25) is 14.5 Å². The third-order valence-electron chi connectivity index (χ3n) is 8.35. The standard InChI is InChI=1S/C32H41N3O2/c1-3-17-33(18-4-2)31(36)26-12-9-19-35(23-26)27-15-20-34(21-16-27)32(37)30-28-13-7-5-10-24(28)22-25-11-6-8-14-29(25)30/h5-8,10-11,13-14,22,26-27H,3-4,9,12,15-21,23H2,1-2H3. The van der Waals surface area contributed by atoms with E-state index in [1.54, 1.807) is 0 Å². The first-order valence-corrected chi connectivity index (χ1v) is 14.3. The minimum Gasteiger partial charge on any atom is -0.342 e. The second kappa shape index (κ2) is 11.6. The first-order valence-electron chi connectivity index (χ1n) is 14.3. The van der Waals surface area contributed by atoms with Gasteiger partial charge in [0.25, 0.3) is 5.91 Å². The SMILES string of the molecule is CCCN(CCC)C(=O)C1CCCN(C2CCN(C(=O)c3c4ccccc4cc4ccccc34)CC2)C1. The molecular weight excluding hydrogens is 458 g/mol. The molecule has 196 valence electrons. The van der Waals surface area contributed by atoms with Crippen LogP contribution in [0, 0.1) is 5.92 Å². The highest BCUT2D eigenvalue weighted by molar-refractivity contribution is 6.18. The number of amides is 2. The van der Waals surface area contributed by atoms with Crippen molar-refractivity contribution in [3.8, 4) is 0 Å². The smallest absolute Gasteiger partial charge is 0.255 e. The van der Waals surface area contributed by atoms with Gasteiger partial charge in [-0.05, 0) is 72.7 Å². The van der Waals surface area contributed by atoms with Gasteiger partial charge in [0.1, 0.15) is 0 Å². The molecule has 2 fully saturated rings. The zero-order chi connectivity index (χ0) is 25.8. The molecule has 0 N–H and O–H groups in total. The molecule has 0 radical (unpaired) electrons. The van der Waals surface area contributed by atoms with Gasteiger partial charge in [-0.2, -0.15) is 0 Å². The van der Waals surface area contributed by atoms with Crippen LogP contribution in [0.4, 0.5) is 0 Å². The van der Waals surface area contributed by atoms with E-state index in [2.05, 4.69) is 58.9 Å². The van der Waals surface area contributed by atoms with E-state index in [1.807, 2.05) is 24.3 Å². The summed E-state index contributed by atoms with van der Waals surface area (Å²) in [6, 6.07) is 19.1. The molecule has 0 aliphatic carbocycles. The monoisotopic (exact) mass is 499 g/mol. The van der Waals surface area contributed by atoms with Gasteiger partial charge in [-0.25, -0.2) is 0 Å². The summed E-state index contributed by atoms with van der Waals surface area (Å²) in [5.41, 5.74) is 0.836. The van der Waals surface area contributed by atoms with Crippen LogP contribution in [-0.4, -0.2) is 71.8 Å². The van der Waals surface area contributed by atoms with E-state index in [0.29, 0.717) is 11.9 Å². The number of rotatable bonds is 7. The van der Waals surface area contributed by atoms with E-state index >= 15 is 0 Å². The molecule has 2 amide bonds. The van der Waals surface area contributed by atoms with E-state index in [9.17, 15) is 9.59 Å². The van der Waals surface area contributed by atoms with Crippen molar-refractivity contribution in [2.75, 3.05) is 39.3 Å². The Labute approximate surface area is 221 Å². The maximum absolute atomic E-state index is 13.9. The number of hydrogen-bond donors (Lipinski definition) is 0. The molecule has 2 heterocycles. The Morgan fingerprint density at radius 1 is 0.838 bits per heavy atom. The van der Waals surface area contributed by atoms with Crippen LogP contribution in [0.15, 0.2) is 54.6 Å². The molecule has 0 aromatic heterocycles. The maximum atomic E-state index is 13.9. The van der Waals surface area contributed by atoms with Crippen molar-refractivity contribution in [2.24, 2.45) is 5.92 Å². The van der Waals surface area contributed by atoms with Crippen molar-refractivity contribution in [2.45, 2.75) is 58.4 Å². The molecule has 2 aliphatic rings. The van der Waals surface area contributed by atoms with Gasteiger partial charge in [0, 0.05) is 38.8 Å². The molecule has 2 aliphatic heterocycles. The highest BCUT2D eigenvalue weighted by atomic mass is 16.2. The molecule has 5 heteroatoms. The molecule has 3 aromatic carbocycles. The van der Waals surface area contributed by atoms with E-state index in [0.717, 1.165) is 105 Å². The van der Waals surface area contributed by atoms with E-state index < -0.39 is 0 Å². The van der Waals surface area contributed by atoms with Crippen LogP contribution in [0.1, 0.15) is 62.7 Å². The second-order valence-corrected chi connectivity index (χ2v) is 10.9. The van der Waals surface area contributed by atoms with Crippen LogP contribution in [0.25, 0.3) is 21.5 Å². The topological polar surface area (TPSA) is 43.9 Å². The lowest BCUT2D eigenvalue weighted by Crippen LogP contribution is -2.52. The van der Waals surface area contributed by atoms with Crippen LogP contribution in [0.5, 0.6) is 0 Å². The average molecular weight is 500 g/mol. The molecule has 1 unspecified atom stereocenters. The largest absolute Gasteiger partial charge is 0.342 e. The van der Waals surface area contributed by atoms with Crippen LogP contribution in [-0.2, 0) is 4.79 Å². The third-order valence-corrected chi connectivity index (χ3v) is 8.35. The van der Waals surface area contributed by atoms with Crippen LogP contribution in [0.2, 0.25) is 0 Å². The van der Waals surface area contributed by atoms with Gasteiger partial charge in [-0.15, -0.1) is 0 Å². The first kappa shape index (κ1) is 25.7. The summed E-state index contributed by atoms with van der Waals surface area (Å²) in [5, 5.41) is 4.30. The van der Waals surface area contributed by atoms with Crippen LogP contribution >= 0.6 is 0 Å². The Hall–Kier alpha value is -2.92. The van der Waals surface area contributed by atoms with Crippen LogP contribution < -0.4 is 0 Å².